The molecule has 5 nitrogen and oxygen atoms in total. The highest BCUT2D eigenvalue weighted by Gasteiger charge is 2.20. The molecule has 1 fully saturated rings. The van der Waals surface area contributed by atoms with E-state index in [1.54, 1.807) is 0 Å². The lowest BCUT2D eigenvalue weighted by Crippen LogP contribution is -2.25. The van der Waals surface area contributed by atoms with Gasteiger partial charge in [0.1, 0.15) is 17.5 Å². The topological polar surface area (TPSA) is 67.1 Å². The number of likely N-dealkylation sites (tertiary alicyclic amines) is 1. The zero-order valence-corrected chi connectivity index (χ0v) is 11.5. The Hall–Kier alpha value is -1.36. The third-order valence-corrected chi connectivity index (χ3v) is 3.44. The maximum Gasteiger partial charge on any atom is 0.135 e. The lowest BCUT2D eigenvalue weighted by atomic mass is 10.2. The quantitative estimate of drug-likeness (QED) is 0.845. The summed E-state index contributed by atoms with van der Waals surface area (Å²) in [7, 11) is 2.14. The standard InChI is InChI=1S/C13H23N5/c1-4-5-11-16-12(14)9(2)13(17-11)15-10-6-7-18(3)8-10/h10H,4-8H2,1-3H3,(H3,14,15,16,17). The number of nitrogens with zero attached hydrogens (tertiary/aromatic N) is 3. The Labute approximate surface area is 109 Å². The summed E-state index contributed by atoms with van der Waals surface area (Å²) in [6.07, 6.45) is 3.07. The van der Waals surface area contributed by atoms with Crippen LogP contribution in [0.1, 0.15) is 31.2 Å². The zero-order chi connectivity index (χ0) is 13.1. The summed E-state index contributed by atoms with van der Waals surface area (Å²) < 4.78 is 0. The number of aryl methyl sites for hydroxylation is 1. The zero-order valence-electron chi connectivity index (χ0n) is 11.5. The molecule has 0 saturated carbocycles. The Morgan fingerprint density at radius 2 is 2.22 bits per heavy atom. The molecule has 1 aromatic rings. The van der Waals surface area contributed by atoms with Crippen LogP contribution >= 0.6 is 0 Å². The van der Waals surface area contributed by atoms with E-state index >= 15 is 0 Å². The molecular formula is C13H23N5. The van der Waals surface area contributed by atoms with Gasteiger partial charge in [0.05, 0.1) is 0 Å². The second-order valence-electron chi connectivity index (χ2n) is 5.14. The lowest BCUT2D eigenvalue weighted by molar-refractivity contribution is 0.414. The van der Waals surface area contributed by atoms with Crippen molar-refractivity contribution < 1.29 is 0 Å². The fourth-order valence-corrected chi connectivity index (χ4v) is 2.30. The molecule has 0 radical (unpaired) electrons. The monoisotopic (exact) mass is 249 g/mol. The van der Waals surface area contributed by atoms with E-state index in [9.17, 15) is 0 Å². The summed E-state index contributed by atoms with van der Waals surface area (Å²) in [4.78, 5) is 11.2. The summed E-state index contributed by atoms with van der Waals surface area (Å²) in [6.45, 7) is 6.30. The number of hydrogen-bond acceptors (Lipinski definition) is 5. The van der Waals surface area contributed by atoms with E-state index in [4.69, 9.17) is 5.73 Å². The number of hydrogen-bond donors (Lipinski definition) is 2. The number of nitrogens with one attached hydrogen (secondary N) is 1. The molecule has 0 aromatic carbocycles. The van der Waals surface area contributed by atoms with Crippen LogP contribution in [-0.2, 0) is 6.42 Å². The summed E-state index contributed by atoms with van der Waals surface area (Å²) in [5.74, 6) is 2.35. The Bertz CT molecular complexity index is 418. The van der Waals surface area contributed by atoms with Gasteiger partial charge in [-0.25, -0.2) is 9.97 Å². The lowest BCUT2D eigenvalue weighted by Gasteiger charge is -2.16. The van der Waals surface area contributed by atoms with Gasteiger partial charge in [0, 0.05) is 24.6 Å². The molecule has 2 rings (SSSR count). The van der Waals surface area contributed by atoms with E-state index in [-0.39, 0.29) is 0 Å². The molecule has 0 aliphatic carbocycles. The smallest absolute Gasteiger partial charge is 0.135 e. The van der Waals surface area contributed by atoms with Crippen LogP contribution in [0.2, 0.25) is 0 Å². The van der Waals surface area contributed by atoms with Crippen LogP contribution in [0, 0.1) is 6.92 Å². The normalized spacial score (nSPS) is 20.3. The van der Waals surface area contributed by atoms with Crippen molar-refractivity contribution in [2.24, 2.45) is 0 Å². The summed E-state index contributed by atoms with van der Waals surface area (Å²) in [5.41, 5.74) is 6.91. The average Bonchev–Trinajstić information content (AvgIpc) is 2.71. The van der Waals surface area contributed by atoms with Crippen LogP contribution in [0.4, 0.5) is 11.6 Å². The van der Waals surface area contributed by atoms with Crippen molar-refractivity contribution in [1.82, 2.24) is 14.9 Å². The highest BCUT2D eigenvalue weighted by Crippen LogP contribution is 2.20. The molecule has 1 unspecified atom stereocenters. The molecule has 2 heterocycles. The minimum absolute atomic E-state index is 0.470. The van der Waals surface area contributed by atoms with Crippen LogP contribution in [0.15, 0.2) is 0 Å². The first-order valence-corrected chi connectivity index (χ1v) is 6.68. The van der Waals surface area contributed by atoms with Crippen molar-refractivity contribution in [3.05, 3.63) is 11.4 Å². The number of anilines is 2. The predicted octanol–water partition coefficient (Wildman–Crippen LogP) is 1.44. The highest BCUT2D eigenvalue weighted by atomic mass is 15.2. The third-order valence-electron chi connectivity index (χ3n) is 3.44. The molecule has 1 saturated heterocycles. The fourth-order valence-electron chi connectivity index (χ4n) is 2.30. The second-order valence-corrected chi connectivity index (χ2v) is 5.14. The third kappa shape index (κ3) is 2.90. The van der Waals surface area contributed by atoms with Crippen LogP contribution in [0.25, 0.3) is 0 Å². The number of nitrogen functional groups attached to an aromatic ring is 1. The van der Waals surface area contributed by atoms with Crippen LogP contribution < -0.4 is 11.1 Å². The molecule has 1 atom stereocenters. The van der Waals surface area contributed by atoms with Crippen molar-refractivity contribution in [3.8, 4) is 0 Å². The maximum absolute atomic E-state index is 5.95. The summed E-state index contributed by atoms with van der Waals surface area (Å²) in [6, 6.07) is 0.470. The van der Waals surface area contributed by atoms with Crippen LogP contribution in [-0.4, -0.2) is 41.0 Å². The van der Waals surface area contributed by atoms with Gasteiger partial charge in [0.15, 0.2) is 0 Å². The average molecular weight is 249 g/mol. The van der Waals surface area contributed by atoms with Crippen molar-refractivity contribution >= 4 is 11.6 Å². The minimum atomic E-state index is 0.470. The van der Waals surface area contributed by atoms with E-state index in [2.05, 4.69) is 34.2 Å². The second kappa shape index (κ2) is 5.52. The first-order chi connectivity index (χ1) is 8.60. The van der Waals surface area contributed by atoms with Crippen LogP contribution in [0.3, 0.4) is 0 Å². The van der Waals surface area contributed by atoms with Gasteiger partial charge in [-0.3, -0.25) is 0 Å². The summed E-state index contributed by atoms with van der Waals surface area (Å²) >= 11 is 0. The van der Waals surface area contributed by atoms with Gasteiger partial charge in [-0.1, -0.05) is 6.92 Å². The molecule has 1 aliphatic heterocycles. The SMILES string of the molecule is CCCc1nc(N)c(C)c(NC2CCN(C)C2)n1. The first-order valence-electron chi connectivity index (χ1n) is 6.68. The van der Waals surface area contributed by atoms with Gasteiger partial charge < -0.3 is 16.0 Å². The van der Waals surface area contributed by atoms with Gasteiger partial charge in [-0.2, -0.15) is 0 Å². The van der Waals surface area contributed by atoms with Gasteiger partial charge in [0.25, 0.3) is 0 Å². The molecule has 100 valence electrons. The van der Waals surface area contributed by atoms with Crippen molar-refractivity contribution in [1.29, 1.82) is 0 Å². The Balaban J connectivity index is 2.15. The van der Waals surface area contributed by atoms with E-state index in [0.717, 1.165) is 49.6 Å². The number of likely N-dealkylation sites (N-methyl/N-ethyl adjacent to an activating group) is 1. The number of aromatic nitrogens is 2. The van der Waals surface area contributed by atoms with E-state index < -0.39 is 0 Å². The number of rotatable bonds is 4. The molecule has 1 aromatic heterocycles. The molecule has 3 N–H and O–H groups in total. The van der Waals surface area contributed by atoms with Crippen LogP contribution in [0.5, 0.6) is 0 Å². The van der Waals surface area contributed by atoms with E-state index in [1.807, 2.05) is 6.92 Å². The maximum atomic E-state index is 5.95. The minimum Gasteiger partial charge on any atom is -0.383 e. The molecule has 5 heteroatoms. The van der Waals surface area contributed by atoms with Gasteiger partial charge >= 0.3 is 0 Å². The molecular weight excluding hydrogens is 226 g/mol. The highest BCUT2D eigenvalue weighted by molar-refractivity contribution is 5.55. The Kier molecular flexibility index (Phi) is 4.01. The van der Waals surface area contributed by atoms with Crippen molar-refractivity contribution in [2.75, 3.05) is 31.2 Å². The largest absolute Gasteiger partial charge is 0.383 e. The Morgan fingerprint density at radius 3 is 2.83 bits per heavy atom. The first kappa shape index (κ1) is 13.1. The summed E-state index contributed by atoms with van der Waals surface area (Å²) in [5, 5.41) is 3.51. The molecule has 0 bridgehead atoms. The molecule has 18 heavy (non-hydrogen) atoms. The molecule has 0 amide bonds. The molecule has 1 aliphatic rings. The van der Waals surface area contributed by atoms with E-state index in [1.165, 1.54) is 0 Å². The van der Waals surface area contributed by atoms with E-state index in [0.29, 0.717) is 11.9 Å². The van der Waals surface area contributed by atoms with Crippen molar-refractivity contribution in [2.45, 2.75) is 39.2 Å². The van der Waals surface area contributed by atoms with Gasteiger partial charge in [-0.15, -0.1) is 0 Å². The number of nitrogens with two attached hydrogens (primary N) is 1. The Morgan fingerprint density at radius 1 is 1.44 bits per heavy atom. The van der Waals surface area contributed by atoms with Crippen molar-refractivity contribution in [3.63, 3.8) is 0 Å². The predicted molar refractivity (Wildman–Crippen MR) is 74.7 cm³/mol. The van der Waals surface area contributed by atoms with Gasteiger partial charge in [-0.05, 0) is 33.4 Å². The fraction of sp³-hybridized carbons (Fsp3) is 0.692. The van der Waals surface area contributed by atoms with Gasteiger partial charge in [0.2, 0.25) is 0 Å². The molecule has 0 spiro atoms.